The molecule has 0 fully saturated rings. The summed E-state index contributed by atoms with van der Waals surface area (Å²) in [5.74, 6) is 0. The molecular formula is C7H2BrClN2O2. The third kappa shape index (κ3) is 1.97. The first-order valence-electron chi connectivity index (χ1n) is 3.10. The van der Waals surface area contributed by atoms with Crippen molar-refractivity contribution in [1.29, 1.82) is 5.26 Å². The molecule has 0 saturated carbocycles. The molecule has 0 aliphatic heterocycles. The van der Waals surface area contributed by atoms with Gasteiger partial charge in [-0.15, -0.1) is 0 Å². The summed E-state index contributed by atoms with van der Waals surface area (Å²) in [6.45, 7) is 0. The molecule has 1 aromatic rings. The summed E-state index contributed by atoms with van der Waals surface area (Å²) >= 11 is 8.55. The van der Waals surface area contributed by atoms with Gasteiger partial charge in [-0.05, 0) is 28.1 Å². The summed E-state index contributed by atoms with van der Waals surface area (Å²) in [4.78, 5) is 9.85. The van der Waals surface area contributed by atoms with E-state index in [4.69, 9.17) is 16.9 Å². The van der Waals surface area contributed by atoms with E-state index in [1.165, 1.54) is 12.1 Å². The number of hydrogen-bond acceptors (Lipinski definition) is 3. The fourth-order valence-electron chi connectivity index (χ4n) is 0.804. The molecule has 0 aliphatic carbocycles. The number of nitrogens with zero attached hydrogens (tertiary/aromatic N) is 2. The minimum Gasteiger partial charge on any atom is -0.258 e. The summed E-state index contributed by atoms with van der Waals surface area (Å²) < 4.78 is 0.210. The first kappa shape index (κ1) is 9.96. The zero-order chi connectivity index (χ0) is 10.0. The number of rotatable bonds is 1. The van der Waals surface area contributed by atoms with E-state index in [2.05, 4.69) is 15.9 Å². The Morgan fingerprint density at radius 2 is 2.23 bits per heavy atom. The highest BCUT2D eigenvalue weighted by molar-refractivity contribution is 9.10. The molecule has 1 aromatic carbocycles. The van der Waals surface area contributed by atoms with Crippen molar-refractivity contribution in [3.8, 4) is 6.07 Å². The van der Waals surface area contributed by atoms with Crippen LogP contribution in [0.2, 0.25) is 5.02 Å². The van der Waals surface area contributed by atoms with Gasteiger partial charge in [0.1, 0.15) is 5.02 Å². The first-order chi connectivity index (χ1) is 6.06. The third-order valence-corrected chi connectivity index (χ3v) is 2.22. The number of hydrogen-bond donors (Lipinski definition) is 0. The van der Waals surface area contributed by atoms with E-state index in [0.717, 1.165) is 0 Å². The van der Waals surface area contributed by atoms with Gasteiger partial charge in [-0.1, -0.05) is 11.6 Å². The molecule has 0 radical (unpaired) electrons. The smallest absolute Gasteiger partial charge is 0.258 e. The average Bonchev–Trinajstić information content (AvgIpc) is 2.02. The minimum absolute atomic E-state index is 0.0454. The summed E-state index contributed by atoms with van der Waals surface area (Å²) in [7, 11) is 0. The van der Waals surface area contributed by atoms with Gasteiger partial charge < -0.3 is 0 Å². The van der Waals surface area contributed by atoms with Crippen LogP contribution in [0.15, 0.2) is 16.6 Å². The van der Waals surface area contributed by atoms with Crippen molar-refractivity contribution in [2.75, 3.05) is 0 Å². The Bertz CT molecular complexity index is 390. The molecule has 0 aliphatic rings. The molecule has 66 valence electrons. The van der Waals surface area contributed by atoms with Crippen LogP contribution in [0.1, 0.15) is 5.56 Å². The molecule has 0 saturated heterocycles. The van der Waals surface area contributed by atoms with Crippen molar-refractivity contribution in [3.63, 3.8) is 0 Å². The Hall–Kier alpha value is -1.12. The second-order valence-electron chi connectivity index (χ2n) is 2.16. The van der Waals surface area contributed by atoms with E-state index in [9.17, 15) is 10.1 Å². The molecule has 0 aromatic heterocycles. The number of nitriles is 1. The molecule has 0 unspecified atom stereocenters. The fourth-order valence-corrected chi connectivity index (χ4v) is 1.81. The Morgan fingerprint density at radius 3 is 2.62 bits per heavy atom. The lowest BCUT2D eigenvalue weighted by Crippen LogP contribution is -1.91. The Morgan fingerprint density at radius 1 is 1.62 bits per heavy atom. The van der Waals surface area contributed by atoms with Gasteiger partial charge in [-0.25, -0.2) is 0 Å². The maximum absolute atomic E-state index is 10.5. The molecule has 13 heavy (non-hydrogen) atoms. The van der Waals surface area contributed by atoms with Crippen LogP contribution < -0.4 is 0 Å². The van der Waals surface area contributed by atoms with Gasteiger partial charge in [0.25, 0.3) is 0 Å². The van der Waals surface area contributed by atoms with Gasteiger partial charge in [0.05, 0.1) is 21.0 Å². The monoisotopic (exact) mass is 260 g/mol. The number of nitro benzene ring substituents is 1. The zero-order valence-electron chi connectivity index (χ0n) is 6.12. The SMILES string of the molecule is N#Cc1cc(Cl)c([N+](=O)[O-])c(Br)c1. The highest BCUT2D eigenvalue weighted by Crippen LogP contribution is 2.33. The Kier molecular flexibility index (Phi) is 2.86. The van der Waals surface area contributed by atoms with Gasteiger partial charge in [-0.3, -0.25) is 10.1 Å². The zero-order valence-corrected chi connectivity index (χ0v) is 8.46. The third-order valence-electron chi connectivity index (χ3n) is 1.33. The fraction of sp³-hybridized carbons (Fsp3) is 0. The maximum Gasteiger partial charge on any atom is 0.302 e. The van der Waals surface area contributed by atoms with Crippen molar-refractivity contribution >= 4 is 33.2 Å². The Balaban J connectivity index is 3.42. The van der Waals surface area contributed by atoms with E-state index in [1.807, 2.05) is 6.07 Å². The molecule has 4 nitrogen and oxygen atoms in total. The van der Waals surface area contributed by atoms with Crippen LogP contribution in [-0.4, -0.2) is 4.92 Å². The van der Waals surface area contributed by atoms with Crippen LogP contribution in [0, 0.1) is 21.4 Å². The van der Waals surface area contributed by atoms with Crippen molar-refractivity contribution < 1.29 is 4.92 Å². The Labute approximate surface area is 87.0 Å². The lowest BCUT2D eigenvalue weighted by atomic mass is 10.2. The van der Waals surface area contributed by atoms with Crippen LogP contribution in [-0.2, 0) is 0 Å². The standard InChI is InChI=1S/C7H2BrClN2O2/c8-5-1-4(3-10)2-6(9)7(5)11(12)13/h1-2H. The molecule has 0 spiro atoms. The van der Waals surface area contributed by atoms with E-state index in [-0.39, 0.29) is 20.7 Å². The highest BCUT2D eigenvalue weighted by Gasteiger charge is 2.17. The second-order valence-corrected chi connectivity index (χ2v) is 3.42. The van der Waals surface area contributed by atoms with Gasteiger partial charge in [0.2, 0.25) is 0 Å². The number of nitro groups is 1. The molecule has 0 atom stereocenters. The molecule has 1 rings (SSSR count). The van der Waals surface area contributed by atoms with Gasteiger partial charge in [0, 0.05) is 0 Å². The minimum atomic E-state index is -0.604. The largest absolute Gasteiger partial charge is 0.302 e. The maximum atomic E-state index is 10.5. The van der Waals surface area contributed by atoms with Crippen LogP contribution in [0.5, 0.6) is 0 Å². The number of halogens is 2. The molecule has 0 N–H and O–H groups in total. The van der Waals surface area contributed by atoms with Crippen LogP contribution in [0.25, 0.3) is 0 Å². The molecule has 6 heteroatoms. The highest BCUT2D eigenvalue weighted by atomic mass is 79.9. The van der Waals surface area contributed by atoms with Crippen molar-refractivity contribution in [1.82, 2.24) is 0 Å². The quantitative estimate of drug-likeness (QED) is 0.576. The first-order valence-corrected chi connectivity index (χ1v) is 4.27. The molecule has 0 bridgehead atoms. The normalized spacial score (nSPS) is 9.31. The summed E-state index contributed by atoms with van der Waals surface area (Å²) in [6.07, 6.45) is 0. The predicted octanol–water partition coefficient (Wildman–Crippen LogP) is 2.88. The van der Waals surface area contributed by atoms with Crippen molar-refractivity contribution in [3.05, 3.63) is 37.3 Å². The summed E-state index contributed by atoms with van der Waals surface area (Å²) in [5.41, 5.74) is 0.0585. The lowest BCUT2D eigenvalue weighted by molar-refractivity contribution is -0.385. The number of benzene rings is 1. The predicted molar refractivity (Wildman–Crippen MR) is 50.5 cm³/mol. The van der Waals surface area contributed by atoms with E-state index in [1.54, 1.807) is 0 Å². The van der Waals surface area contributed by atoms with E-state index in [0.29, 0.717) is 0 Å². The van der Waals surface area contributed by atoms with E-state index < -0.39 is 4.92 Å². The van der Waals surface area contributed by atoms with Crippen LogP contribution >= 0.6 is 27.5 Å². The second kappa shape index (κ2) is 3.73. The topological polar surface area (TPSA) is 66.9 Å². The lowest BCUT2D eigenvalue weighted by Gasteiger charge is -1.97. The molecular weight excluding hydrogens is 259 g/mol. The van der Waals surface area contributed by atoms with Crippen LogP contribution in [0.4, 0.5) is 5.69 Å². The molecule has 0 amide bonds. The van der Waals surface area contributed by atoms with Crippen LogP contribution in [0.3, 0.4) is 0 Å². The van der Waals surface area contributed by atoms with E-state index >= 15 is 0 Å². The van der Waals surface area contributed by atoms with Gasteiger partial charge in [-0.2, -0.15) is 5.26 Å². The van der Waals surface area contributed by atoms with Crippen molar-refractivity contribution in [2.45, 2.75) is 0 Å². The van der Waals surface area contributed by atoms with Gasteiger partial charge >= 0.3 is 5.69 Å². The average molecular weight is 261 g/mol. The van der Waals surface area contributed by atoms with Gasteiger partial charge in [0.15, 0.2) is 0 Å². The molecule has 0 heterocycles. The summed E-state index contributed by atoms with van der Waals surface area (Å²) in [5, 5.41) is 18.9. The summed E-state index contributed by atoms with van der Waals surface area (Å²) in [6, 6.07) is 4.44. The van der Waals surface area contributed by atoms with Crippen molar-refractivity contribution in [2.24, 2.45) is 0 Å².